The molecule has 1 aromatic heterocycles. The molecular weight excluding hydrogens is 346 g/mol. The summed E-state index contributed by atoms with van der Waals surface area (Å²) >= 11 is 0. The highest BCUT2D eigenvalue weighted by atomic mass is 15.3. The van der Waals surface area contributed by atoms with Gasteiger partial charge >= 0.3 is 0 Å². The molecule has 0 amide bonds. The van der Waals surface area contributed by atoms with Crippen LogP contribution in [0.4, 0.5) is 0 Å². The Labute approximate surface area is 167 Å². The predicted octanol–water partition coefficient (Wildman–Crippen LogP) is 3.60. The van der Waals surface area contributed by atoms with Gasteiger partial charge in [0.1, 0.15) is 0 Å². The molecule has 0 saturated heterocycles. The van der Waals surface area contributed by atoms with E-state index in [9.17, 15) is 0 Å². The van der Waals surface area contributed by atoms with Crippen molar-refractivity contribution in [3.8, 4) is 5.69 Å². The van der Waals surface area contributed by atoms with Gasteiger partial charge in [-0.15, -0.1) is 0 Å². The number of aryl methyl sites for hydroxylation is 1. The van der Waals surface area contributed by atoms with E-state index in [1.165, 1.54) is 11.1 Å². The van der Waals surface area contributed by atoms with E-state index >= 15 is 0 Å². The molecule has 3 rings (SSSR count). The minimum atomic E-state index is 0.354. The molecule has 0 saturated carbocycles. The maximum atomic E-state index is 4.45. The fraction of sp³-hybridized carbons (Fsp3) is 0.304. The monoisotopic (exact) mass is 375 g/mol. The molecule has 1 unspecified atom stereocenters. The summed E-state index contributed by atoms with van der Waals surface area (Å²) in [6.45, 7) is 3.01. The van der Waals surface area contributed by atoms with Crippen LogP contribution in [0, 0.1) is 0 Å². The molecule has 5 nitrogen and oxygen atoms in total. The molecule has 0 bridgehead atoms. The van der Waals surface area contributed by atoms with E-state index in [0.717, 1.165) is 37.5 Å². The van der Waals surface area contributed by atoms with E-state index in [2.05, 4.69) is 76.3 Å². The highest BCUT2D eigenvalue weighted by Crippen LogP contribution is 2.08. The summed E-state index contributed by atoms with van der Waals surface area (Å²) in [5, 5.41) is 11.3. The first-order valence-corrected chi connectivity index (χ1v) is 9.84. The standard InChI is InChI=1S/C23H29N5/c1-19(13-14-20-9-5-3-6-10-20)27-23(24-2)25-16-15-21-17-26-28(18-21)22-11-7-4-8-12-22/h3-12,17-19H,13-16H2,1-2H3,(H2,24,25,27). The Morgan fingerprint density at radius 3 is 2.43 bits per heavy atom. The Kier molecular flexibility index (Phi) is 7.24. The zero-order valence-electron chi connectivity index (χ0n) is 16.7. The summed E-state index contributed by atoms with van der Waals surface area (Å²) in [5.74, 6) is 0.844. The first-order valence-electron chi connectivity index (χ1n) is 9.84. The Morgan fingerprint density at radius 2 is 1.71 bits per heavy atom. The third-order valence-electron chi connectivity index (χ3n) is 4.68. The van der Waals surface area contributed by atoms with Crippen LogP contribution in [0.5, 0.6) is 0 Å². The smallest absolute Gasteiger partial charge is 0.191 e. The average Bonchev–Trinajstić information content (AvgIpc) is 3.22. The topological polar surface area (TPSA) is 54.2 Å². The summed E-state index contributed by atoms with van der Waals surface area (Å²) in [7, 11) is 1.81. The zero-order chi connectivity index (χ0) is 19.6. The van der Waals surface area contributed by atoms with Crippen molar-refractivity contribution in [1.82, 2.24) is 20.4 Å². The minimum Gasteiger partial charge on any atom is -0.356 e. The minimum absolute atomic E-state index is 0.354. The molecule has 0 fully saturated rings. The maximum Gasteiger partial charge on any atom is 0.191 e. The van der Waals surface area contributed by atoms with Gasteiger partial charge in [0.05, 0.1) is 11.9 Å². The second-order valence-electron chi connectivity index (χ2n) is 6.95. The Morgan fingerprint density at radius 1 is 1.00 bits per heavy atom. The third kappa shape index (κ3) is 5.98. The number of rotatable bonds is 8. The van der Waals surface area contributed by atoms with E-state index in [4.69, 9.17) is 0 Å². The van der Waals surface area contributed by atoms with Gasteiger partial charge in [-0.25, -0.2) is 4.68 Å². The van der Waals surface area contributed by atoms with Crippen molar-refractivity contribution in [3.63, 3.8) is 0 Å². The molecular formula is C23H29N5. The van der Waals surface area contributed by atoms with E-state index in [0.29, 0.717) is 6.04 Å². The van der Waals surface area contributed by atoms with Crippen molar-refractivity contribution >= 4 is 5.96 Å². The number of benzene rings is 2. The molecule has 0 spiro atoms. The number of aliphatic imine (C=N–C) groups is 1. The Balaban J connectivity index is 1.41. The molecule has 0 radical (unpaired) electrons. The lowest BCUT2D eigenvalue weighted by molar-refractivity contribution is 0.593. The van der Waals surface area contributed by atoms with Crippen molar-refractivity contribution < 1.29 is 0 Å². The largest absolute Gasteiger partial charge is 0.356 e. The van der Waals surface area contributed by atoms with Gasteiger partial charge in [-0.1, -0.05) is 48.5 Å². The summed E-state index contributed by atoms with van der Waals surface area (Å²) in [4.78, 5) is 4.34. The molecule has 0 aliphatic heterocycles. The molecule has 1 atom stereocenters. The van der Waals surface area contributed by atoms with Gasteiger partial charge < -0.3 is 10.6 Å². The fourth-order valence-corrected chi connectivity index (χ4v) is 3.06. The van der Waals surface area contributed by atoms with Crippen LogP contribution in [0.1, 0.15) is 24.5 Å². The van der Waals surface area contributed by atoms with Gasteiger partial charge in [0.25, 0.3) is 0 Å². The van der Waals surface area contributed by atoms with Gasteiger partial charge in [-0.05, 0) is 49.4 Å². The second-order valence-corrected chi connectivity index (χ2v) is 6.95. The predicted molar refractivity (Wildman–Crippen MR) is 116 cm³/mol. The summed E-state index contributed by atoms with van der Waals surface area (Å²) in [5.41, 5.74) is 3.64. The maximum absolute atomic E-state index is 4.45. The van der Waals surface area contributed by atoms with Crippen LogP contribution in [0.3, 0.4) is 0 Å². The molecule has 3 aromatic rings. The Hall–Kier alpha value is -3.08. The van der Waals surface area contributed by atoms with Crippen LogP contribution in [-0.2, 0) is 12.8 Å². The molecule has 2 N–H and O–H groups in total. The quantitative estimate of drug-likeness (QED) is 0.467. The normalized spacial score (nSPS) is 12.6. The highest BCUT2D eigenvalue weighted by Gasteiger charge is 2.06. The molecule has 0 aliphatic carbocycles. The molecule has 146 valence electrons. The number of aromatic nitrogens is 2. The first kappa shape index (κ1) is 19.7. The first-order chi connectivity index (χ1) is 13.7. The van der Waals surface area contributed by atoms with Gasteiger partial charge in [-0.2, -0.15) is 5.10 Å². The Bertz CT molecular complexity index is 855. The average molecular weight is 376 g/mol. The summed E-state index contributed by atoms with van der Waals surface area (Å²) < 4.78 is 1.91. The summed E-state index contributed by atoms with van der Waals surface area (Å²) in [6, 6.07) is 21.1. The van der Waals surface area contributed by atoms with Crippen LogP contribution in [0.15, 0.2) is 78.0 Å². The number of nitrogens with one attached hydrogen (secondary N) is 2. The fourth-order valence-electron chi connectivity index (χ4n) is 3.06. The number of guanidine groups is 1. The number of para-hydroxylation sites is 1. The second kappa shape index (κ2) is 10.3. The van der Waals surface area contributed by atoms with Crippen molar-refractivity contribution in [1.29, 1.82) is 0 Å². The lowest BCUT2D eigenvalue weighted by atomic mass is 10.1. The van der Waals surface area contributed by atoms with Gasteiger partial charge in [0.2, 0.25) is 0 Å². The van der Waals surface area contributed by atoms with Crippen LogP contribution < -0.4 is 10.6 Å². The van der Waals surface area contributed by atoms with Crippen molar-refractivity contribution in [2.45, 2.75) is 32.2 Å². The van der Waals surface area contributed by atoms with E-state index in [-0.39, 0.29) is 0 Å². The van der Waals surface area contributed by atoms with Crippen molar-refractivity contribution in [2.24, 2.45) is 4.99 Å². The lowest BCUT2D eigenvalue weighted by Gasteiger charge is -2.18. The number of hydrogen-bond donors (Lipinski definition) is 2. The SMILES string of the molecule is CN=C(NCCc1cnn(-c2ccccc2)c1)NC(C)CCc1ccccc1. The highest BCUT2D eigenvalue weighted by molar-refractivity contribution is 5.79. The van der Waals surface area contributed by atoms with E-state index in [1.54, 1.807) is 0 Å². The van der Waals surface area contributed by atoms with Crippen LogP contribution >= 0.6 is 0 Å². The van der Waals surface area contributed by atoms with Crippen molar-refractivity contribution in [2.75, 3.05) is 13.6 Å². The molecule has 2 aromatic carbocycles. The molecule has 28 heavy (non-hydrogen) atoms. The van der Waals surface area contributed by atoms with E-state index in [1.807, 2.05) is 36.1 Å². The molecule has 0 aliphatic rings. The van der Waals surface area contributed by atoms with E-state index < -0.39 is 0 Å². The molecule has 5 heteroatoms. The van der Waals surface area contributed by atoms with Gasteiger partial charge in [-0.3, -0.25) is 4.99 Å². The van der Waals surface area contributed by atoms with Crippen LogP contribution in [0.2, 0.25) is 0 Å². The third-order valence-corrected chi connectivity index (χ3v) is 4.68. The number of nitrogens with zero attached hydrogens (tertiary/aromatic N) is 3. The molecule has 1 heterocycles. The lowest BCUT2D eigenvalue weighted by Crippen LogP contribution is -2.43. The van der Waals surface area contributed by atoms with Crippen molar-refractivity contribution in [3.05, 3.63) is 84.2 Å². The summed E-state index contributed by atoms with van der Waals surface area (Å²) in [6.07, 6.45) is 7.02. The van der Waals surface area contributed by atoms with Gasteiger partial charge in [0, 0.05) is 25.8 Å². The van der Waals surface area contributed by atoms with Gasteiger partial charge in [0.15, 0.2) is 5.96 Å². The van der Waals surface area contributed by atoms with Crippen LogP contribution in [-0.4, -0.2) is 35.4 Å². The zero-order valence-corrected chi connectivity index (χ0v) is 16.7. The number of hydrogen-bond acceptors (Lipinski definition) is 2. The van der Waals surface area contributed by atoms with Crippen LogP contribution in [0.25, 0.3) is 5.69 Å².